The van der Waals surface area contributed by atoms with Crippen molar-refractivity contribution in [3.05, 3.63) is 59.7 Å². The van der Waals surface area contributed by atoms with Gasteiger partial charge in [0.2, 0.25) is 0 Å². The van der Waals surface area contributed by atoms with E-state index in [1.165, 1.54) is 24.3 Å². The second-order valence-electron chi connectivity index (χ2n) is 7.20. The lowest BCUT2D eigenvalue weighted by Crippen LogP contribution is -2.31. The van der Waals surface area contributed by atoms with E-state index in [-0.39, 0.29) is 36.6 Å². The van der Waals surface area contributed by atoms with Crippen LogP contribution in [0.5, 0.6) is 11.5 Å². The van der Waals surface area contributed by atoms with Crippen molar-refractivity contribution < 1.29 is 33.6 Å². The Labute approximate surface area is 168 Å². The summed E-state index contributed by atoms with van der Waals surface area (Å²) in [6, 6.07) is 12.6. The third-order valence-corrected chi connectivity index (χ3v) is 5.45. The standard InChI is InChI=1S/C22H22O7/c1-26-16-8-4-14(5-9-16)21(24)28-18-11-10-17-19(12-27-20(17)18)29-22(25)13-2-6-15(23)7-3-13/h2-9,17-20,23H,10-12H2,1H3/t17-,18-,19-,20+/m1/s1. The van der Waals surface area contributed by atoms with Gasteiger partial charge in [0.1, 0.15) is 29.8 Å². The van der Waals surface area contributed by atoms with Crippen molar-refractivity contribution in [1.29, 1.82) is 0 Å². The second kappa shape index (κ2) is 8.13. The molecule has 0 aromatic heterocycles. The Bertz CT molecular complexity index is 875. The SMILES string of the molecule is COc1ccc(C(=O)O[C@@H]2CC[C@H]3[C@@H]2OC[C@H]3OC(=O)c2ccc(O)cc2)cc1. The van der Waals surface area contributed by atoms with Crippen molar-refractivity contribution in [2.75, 3.05) is 13.7 Å². The van der Waals surface area contributed by atoms with Gasteiger partial charge in [0.25, 0.3) is 0 Å². The van der Waals surface area contributed by atoms with Crippen LogP contribution in [-0.2, 0) is 14.2 Å². The zero-order valence-electron chi connectivity index (χ0n) is 15.9. The van der Waals surface area contributed by atoms with Crippen LogP contribution in [0.1, 0.15) is 33.6 Å². The topological polar surface area (TPSA) is 91.3 Å². The maximum absolute atomic E-state index is 12.4. The van der Waals surface area contributed by atoms with Gasteiger partial charge in [-0.15, -0.1) is 0 Å². The van der Waals surface area contributed by atoms with Crippen molar-refractivity contribution >= 4 is 11.9 Å². The molecule has 1 aliphatic heterocycles. The summed E-state index contributed by atoms with van der Waals surface area (Å²) >= 11 is 0. The molecule has 7 nitrogen and oxygen atoms in total. The molecule has 152 valence electrons. The number of benzene rings is 2. The third kappa shape index (κ3) is 4.05. The molecule has 4 rings (SSSR count). The van der Waals surface area contributed by atoms with E-state index in [0.717, 1.165) is 6.42 Å². The molecule has 2 aromatic rings. The van der Waals surface area contributed by atoms with Gasteiger partial charge in [-0.1, -0.05) is 0 Å². The van der Waals surface area contributed by atoms with Gasteiger partial charge in [-0.3, -0.25) is 0 Å². The van der Waals surface area contributed by atoms with Crippen LogP contribution < -0.4 is 4.74 Å². The fraction of sp³-hybridized carbons (Fsp3) is 0.364. The van der Waals surface area contributed by atoms with E-state index in [1.54, 1.807) is 31.4 Å². The minimum Gasteiger partial charge on any atom is -0.508 e. The van der Waals surface area contributed by atoms with Crippen molar-refractivity contribution in [2.24, 2.45) is 5.92 Å². The number of phenolic OH excluding ortho intramolecular Hbond substituents is 1. The molecule has 1 saturated carbocycles. The van der Waals surface area contributed by atoms with Gasteiger partial charge < -0.3 is 24.1 Å². The van der Waals surface area contributed by atoms with Crippen LogP contribution in [0, 0.1) is 5.92 Å². The van der Waals surface area contributed by atoms with E-state index in [4.69, 9.17) is 18.9 Å². The first-order valence-corrected chi connectivity index (χ1v) is 9.52. The lowest BCUT2D eigenvalue weighted by atomic mass is 10.0. The molecule has 1 heterocycles. The van der Waals surface area contributed by atoms with E-state index in [0.29, 0.717) is 23.3 Å². The Morgan fingerprint density at radius 2 is 1.48 bits per heavy atom. The smallest absolute Gasteiger partial charge is 0.338 e. The van der Waals surface area contributed by atoms with Crippen molar-refractivity contribution in [3.8, 4) is 11.5 Å². The van der Waals surface area contributed by atoms with Gasteiger partial charge in [-0.2, -0.15) is 0 Å². The van der Waals surface area contributed by atoms with E-state index < -0.39 is 11.9 Å². The highest BCUT2D eigenvalue weighted by atomic mass is 16.6. The molecule has 1 aliphatic carbocycles. The maximum atomic E-state index is 12.4. The van der Waals surface area contributed by atoms with Gasteiger partial charge in [0, 0.05) is 5.92 Å². The number of rotatable bonds is 5. The Balaban J connectivity index is 1.35. The number of phenols is 1. The normalized spacial score (nSPS) is 25.3. The van der Waals surface area contributed by atoms with Crippen LogP contribution in [0.25, 0.3) is 0 Å². The molecule has 0 radical (unpaired) electrons. The van der Waals surface area contributed by atoms with Crippen molar-refractivity contribution in [3.63, 3.8) is 0 Å². The Hall–Kier alpha value is -3.06. The van der Waals surface area contributed by atoms with Crippen LogP contribution in [0.4, 0.5) is 0 Å². The van der Waals surface area contributed by atoms with Crippen LogP contribution in [0.2, 0.25) is 0 Å². The molecular weight excluding hydrogens is 376 g/mol. The molecule has 0 amide bonds. The summed E-state index contributed by atoms with van der Waals surface area (Å²) in [6.07, 6.45) is 0.372. The quantitative estimate of drug-likeness (QED) is 0.774. The Morgan fingerprint density at radius 3 is 2.10 bits per heavy atom. The van der Waals surface area contributed by atoms with Gasteiger partial charge in [0.15, 0.2) is 0 Å². The molecule has 7 heteroatoms. The second-order valence-corrected chi connectivity index (χ2v) is 7.20. The van der Waals surface area contributed by atoms with E-state index in [9.17, 15) is 14.7 Å². The first kappa shape index (κ1) is 19.3. The predicted molar refractivity (Wildman–Crippen MR) is 102 cm³/mol. The molecule has 2 aromatic carbocycles. The third-order valence-electron chi connectivity index (χ3n) is 5.45. The summed E-state index contributed by atoms with van der Waals surface area (Å²) < 4.78 is 22.2. The molecule has 0 unspecified atom stereocenters. The summed E-state index contributed by atoms with van der Waals surface area (Å²) in [6.45, 7) is 0.274. The van der Waals surface area contributed by atoms with Crippen LogP contribution >= 0.6 is 0 Å². The first-order chi connectivity index (χ1) is 14.0. The molecule has 2 aliphatic rings. The predicted octanol–water partition coefficient (Wildman–Crippen LogP) is 2.96. The number of carbonyl (C=O) groups is 2. The maximum Gasteiger partial charge on any atom is 0.338 e. The molecule has 2 fully saturated rings. The number of aromatic hydroxyl groups is 1. The molecule has 0 bridgehead atoms. The van der Waals surface area contributed by atoms with Gasteiger partial charge in [0.05, 0.1) is 24.8 Å². The zero-order chi connectivity index (χ0) is 20.4. The number of fused-ring (bicyclic) bond motifs is 1. The highest BCUT2D eigenvalue weighted by molar-refractivity contribution is 5.90. The minimum absolute atomic E-state index is 0.00951. The Morgan fingerprint density at radius 1 is 0.897 bits per heavy atom. The van der Waals surface area contributed by atoms with E-state index >= 15 is 0 Å². The summed E-state index contributed by atoms with van der Waals surface area (Å²) in [5.74, 6) is -0.128. The van der Waals surface area contributed by atoms with Crippen molar-refractivity contribution in [1.82, 2.24) is 0 Å². The lowest BCUT2D eigenvalue weighted by molar-refractivity contribution is -0.0234. The fourth-order valence-electron chi connectivity index (χ4n) is 3.90. The van der Waals surface area contributed by atoms with Gasteiger partial charge in [-0.05, 0) is 61.4 Å². The lowest BCUT2D eigenvalue weighted by Gasteiger charge is -2.19. The Kier molecular flexibility index (Phi) is 5.40. The monoisotopic (exact) mass is 398 g/mol. The zero-order valence-corrected chi connectivity index (χ0v) is 15.9. The number of hydrogen-bond acceptors (Lipinski definition) is 7. The number of ether oxygens (including phenoxy) is 4. The molecule has 0 spiro atoms. The summed E-state index contributed by atoms with van der Waals surface area (Å²) in [4.78, 5) is 24.8. The molecule has 1 saturated heterocycles. The number of methoxy groups -OCH3 is 1. The first-order valence-electron chi connectivity index (χ1n) is 9.52. The molecule has 29 heavy (non-hydrogen) atoms. The average Bonchev–Trinajstić information content (AvgIpc) is 3.32. The van der Waals surface area contributed by atoms with Crippen LogP contribution in [-0.4, -0.2) is 49.1 Å². The molecular formula is C22H22O7. The summed E-state index contributed by atoms with van der Waals surface area (Å²) in [5, 5.41) is 9.34. The highest BCUT2D eigenvalue weighted by Gasteiger charge is 2.49. The van der Waals surface area contributed by atoms with E-state index in [1.807, 2.05) is 0 Å². The summed E-state index contributed by atoms with van der Waals surface area (Å²) in [5.41, 5.74) is 0.814. The molecule has 1 N–H and O–H groups in total. The number of hydrogen-bond donors (Lipinski definition) is 1. The minimum atomic E-state index is -0.460. The fourth-order valence-corrected chi connectivity index (χ4v) is 3.90. The van der Waals surface area contributed by atoms with E-state index in [2.05, 4.69) is 0 Å². The number of carbonyl (C=O) groups excluding carboxylic acids is 2. The largest absolute Gasteiger partial charge is 0.508 e. The average molecular weight is 398 g/mol. The molecule has 4 atom stereocenters. The van der Waals surface area contributed by atoms with Crippen LogP contribution in [0.3, 0.4) is 0 Å². The van der Waals surface area contributed by atoms with Crippen molar-refractivity contribution in [2.45, 2.75) is 31.2 Å². The van der Waals surface area contributed by atoms with Gasteiger partial charge in [-0.25, -0.2) is 9.59 Å². The van der Waals surface area contributed by atoms with Gasteiger partial charge >= 0.3 is 11.9 Å². The van der Waals surface area contributed by atoms with Crippen LogP contribution in [0.15, 0.2) is 48.5 Å². The summed E-state index contributed by atoms with van der Waals surface area (Å²) in [7, 11) is 1.56. The number of esters is 2. The highest BCUT2D eigenvalue weighted by Crippen LogP contribution is 2.39.